The lowest BCUT2D eigenvalue weighted by Gasteiger charge is -2.16. The van der Waals surface area contributed by atoms with Crippen molar-refractivity contribution >= 4 is 28.3 Å². The van der Waals surface area contributed by atoms with Gasteiger partial charge in [0, 0.05) is 23.5 Å². The summed E-state index contributed by atoms with van der Waals surface area (Å²) in [5, 5.41) is 22.7. The summed E-state index contributed by atoms with van der Waals surface area (Å²) in [6.45, 7) is 1.75. The Morgan fingerprint density at radius 2 is 2.20 bits per heavy atom. The fourth-order valence-electron chi connectivity index (χ4n) is 1.95. The third kappa shape index (κ3) is 3.19. The molecule has 1 aromatic carbocycles. The number of fused-ring (bicyclic) bond motifs is 1. The van der Waals surface area contributed by atoms with E-state index in [0.29, 0.717) is 16.4 Å². The van der Waals surface area contributed by atoms with E-state index >= 15 is 0 Å². The smallest absolute Gasteiger partial charge is 0.131 e. The molecule has 1 heterocycles. The van der Waals surface area contributed by atoms with Crippen molar-refractivity contribution in [1.29, 1.82) is 0 Å². The summed E-state index contributed by atoms with van der Waals surface area (Å²) < 4.78 is 0. The van der Waals surface area contributed by atoms with Crippen molar-refractivity contribution in [2.75, 3.05) is 18.5 Å². The lowest BCUT2D eigenvalue weighted by atomic mass is 10.1. The van der Waals surface area contributed by atoms with Crippen molar-refractivity contribution in [3.63, 3.8) is 0 Å². The van der Waals surface area contributed by atoms with E-state index in [1.165, 1.54) is 0 Å². The zero-order valence-electron chi connectivity index (χ0n) is 11.2. The molecule has 1 aromatic heterocycles. The molecule has 0 aliphatic heterocycles. The Labute approximate surface area is 122 Å². The first-order chi connectivity index (χ1) is 9.52. The van der Waals surface area contributed by atoms with Crippen LogP contribution in [0.15, 0.2) is 24.3 Å². The molecule has 5 N–H and O–H groups in total. The Kier molecular flexibility index (Phi) is 4.77. The van der Waals surface area contributed by atoms with Crippen LogP contribution in [0.2, 0.25) is 5.02 Å². The molecule has 0 saturated heterocycles. The third-order valence-corrected chi connectivity index (χ3v) is 3.34. The van der Waals surface area contributed by atoms with Crippen molar-refractivity contribution in [3.05, 3.63) is 34.9 Å². The Morgan fingerprint density at radius 1 is 1.45 bits per heavy atom. The molecule has 0 saturated carbocycles. The topological polar surface area (TPSA) is 91.4 Å². The highest BCUT2D eigenvalue weighted by molar-refractivity contribution is 6.35. The Balaban J connectivity index is 2.44. The van der Waals surface area contributed by atoms with Gasteiger partial charge in [-0.2, -0.15) is 0 Å². The molecular formula is C14H18ClN3O2. The average molecular weight is 296 g/mol. The van der Waals surface area contributed by atoms with Gasteiger partial charge in [0.2, 0.25) is 0 Å². The third-order valence-electron chi connectivity index (χ3n) is 3.03. The number of halogens is 1. The van der Waals surface area contributed by atoms with Gasteiger partial charge in [-0.05, 0) is 19.1 Å². The van der Waals surface area contributed by atoms with E-state index in [1.807, 2.05) is 25.1 Å². The molecule has 0 aliphatic rings. The first-order valence-corrected chi connectivity index (χ1v) is 6.78. The van der Waals surface area contributed by atoms with Gasteiger partial charge in [-0.3, -0.25) is 0 Å². The van der Waals surface area contributed by atoms with Crippen LogP contribution in [0.1, 0.15) is 18.5 Å². The highest BCUT2D eigenvalue weighted by Gasteiger charge is 2.13. The fourth-order valence-corrected chi connectivity index (χ4v) is 2.17. The van der Waals surface area contributed by atoms with Gasteiger partial charge >= 0.3 is 0 Å². The van der Waals surface area contributed by atoms with E-state index < -0.39 is 6.10 Å². The van der Waals surface area contributed by atoms with Gasteiger partial charge in [0.1, 0.15) is 5.82 Å². The number of hydrogen-bond acceptors (Lipinski definition) is 5. The lowest BCUT2D eigenvalue weighted by molar-refractivity contribution is 0.105. The monoisotopic (exact) mass is 295 g/mol. The van der Waals surface area contributed by atoms with Crippen LogP contribution in [0.4, 0.5) is 5.82 Å². The number of aliphatic hydroxyl groups excluding tert-OH is 2. The van der Waals surface area contributed by atoms with Crippen LogP contribution < -0.4 is 11.1 Å². The maximum Gasteiger partial charge on any atom is 0.131 e. The summed E-state index contributed by atoms with van der Waals surface area (Å²) in [5.41, 5.74) is 7.48. The molecule has 2 rings (SSSR count). The molecular weight excluding hydrogens is 278 g/mol. The summed E-state index contributed by atoms with van der Waals surface area (Å²) in [4.78, 5) is 4.49. The molecule has 0 radical (unpaired) electrons. The van der Waals surface area contributed by atoms with Crippen LogP contribution in [0, 0.1) is 0 Å². The number of benzene rings is 1. The highest BCUT2D eigenvalue weighted by Crippen LogP contribution is 2.28. The van der Waals surface area contributed by atoms with Crippen LogP contribution in [0.25, 0.3) is 10.9 Å². The Bertz CT molecular complexity index is 604. The number of aliphatic hydroxyl groups is 2. The molecule has 0 amide bonds. The highest BCUT2D eigenvalue weighted by atomic mass is 35.5. The molecule has 20 heavy (non-hydrogen) atoms. The first-order valence-electron chi connectivity index (χ1n) is 6.40. The Hall–Kier alpha value is -1.40. The van der Waals surface area contributed by atoms with Crippen molar-refractivity contribution in [1.82, 2.24) is 4.98 Å². The van der Waals surface area contributed by atoms with Crippen LogP contribution >= 0.6 is 11.6 Å². The van der Waals surface area contributed by atoms with Gasteiger partial charge in [0.15, 0.2) is 0 Å². The second kappa shape index (κ2) is 6.37. The average Bonchev–Trinajstić information content (AvgIpc) is 2.44. The summed E-state index contributed by atoms with van der Waals surface area (Å²) in [6.07, 6.45) is -0.848. The zero-order valence-corrected chi connectivity index (χ0v) is 11.9. The normalized spacial score (nSPS) is 14.2. The van der Waals surface area contributed by atoms with Gasteiger partial charge in [0.05, 0.1) is 23.3 Å². The number of aromatic nitrogens is 1. The van der Waals surface area contributed by atoms with Crippen molar-refractivity contribution in [3.8, 4) is 0 Å². The molecule has 108 valence electrons. The van der Waals surface area contributed by atoms with E-state index in [4.69, 9.17) is 22.4 Å². The van der Waals surface area contributed by atoms with Crippen LogP contribution in [0.5, 0.6) is 0 Å². The Morgan fingerprint density at radius 3 is 2.85 bits per heavy atom. The van der Waals surface area contributed by atoms with Crippen molar-refractivity contribution < 1.29 is 10.2 Å². The van der Waals surface area contributed by atoms with Gasteiger partial charge < -0.3 is 21.3 Å². The van der Waals surface area contributed by atoms with Crippen LogP contribution in [-0.2, 0) is 0 Å². The number of anilines is 1. The number of pyridine rings is 1. The lowest BCUT2D eigenvalue weighted by Crippen LogP contribution is -2.24. The first kappa shape index (κ1) is 15.0. The fraction of sp³-hybridized carbons (Fsp3) is 0.357. The molecule has 5 nitrogen and oxygen atoms in total. The molecule has 1 unspecified atom stereocenters. The van der Waals surface area contributed by atoms with Gasteiger partial charge in [0.25, 0.3) is 0 Å². The van der Waals surface area contributed by atoms with E-state index in [9.17, 15) is 5.11 Å². The predicted octanol–water partition coefficient (Wildman–Crippen LogP) is 1.67. The molecule has 2 atom stereocenters. The molecule has 0 aliphatic carbocycles. The van der Waals surface area contributed by atoms with Gasteiger partial charge in [-0.25, -0.2) is 4.98 Å². The van der Waals surface area contributed by atoms with Crippen LogP contribution in [0.3, 0.4) is 0 Å². The largest absolute Gasteiger partial charge is 0.394 e. The number of rotatable bonds is 5. The number of para-hydroxylation sites is 1. The molecule has 0 spiro atoms. The number of nitrogens with zero attached hydrogens (tertiary/aromatic N) is 1. The maximum atomic E-state index is 9.42. The van der Waals surface area contributed by atoms with Crippen LogP contribution in [-0.4, -0.2) is 34.5 Å². The van der Waals surface area contributed by atoms with Crippen molar-refractivity contribution in [2.24, 2.45) is 5.73 Å². The SMILES string of the molecule is C[C@H](N)c1cc2cccc(Cl)c2nc1NCC(O)CO. The maximum absolute atomic E-state index is 9.42. The van der Waals surface area contributed by atoms with Gasteiger partial charge in [-0.1, -0.05) is 23.7 Å². The molecule has 0 bridgehead atoms. The molecule has 0 fully saturated rings. The molecule has 2 aromatic rings. The summed E-state index contributed by atoms with van der Waals surface area (Å²) in [6, 6.07) is 7.29. The summed E-state index contributed by atoms with van der Waals surface area (Å²) >= 11 is 6.14. The second-order valence-electron chi connectivity index (χ2n) is 4.74. The van der Waals surface area contributed by atoms with Gasteiger partial charge in [-0.15, -0.1) is 0 Å². The predicted molar refractivity (Wildman–Crippen MR) is 80.9 cm³/mol. The second-order valence-corrected chi connectivity index (χ2v) is 5.15. The quantitative estimate of drug-likeness (QED) is 0.673. The van der Waals surface area contributed by atoms with E-state index in [1.54, 1.807) is 6.07 Å². The number of nitrogens with two attached hydrogens (primary N) is 1. The van der Waals surface area contributed by atoms with E-state index in [2.05, 4.69) is 10.3 Å². The van der Waals surface area contributed by atoms with E-state index in [-0.39, 0.29) is 19.2 Å². The minimum Gasteiger partial charge on any atom is -0.394 e. The zero-order chi connectivity index (χ0) is 14.7. The number of hydrogen-bond donors (Lipinski definition) is 4. The minimum absolute atomic E-state index is 0.194. The number of nitrogens with one attached hydrogen (secondary N) is 1. The van der Waals surface area contributed by atoms with Crippen molar-refractivity contribution in [2.45, 2.75) is 19.1 Å². The summed E-state index contributed by atoms with van der Waals surface area (Å²) in [7, 11) is 0. The van der Waals surface area contributed by atoms with E-state index in [0.717, 1.165) is 10.9 Å². The molecule has 6 heteroatoms. The minimum atomic E-state index is -0.848. The standard InChI is InChI=1S/C14H18ClN3O2/c1-8(16)11-5-9-3-2-4-12(15)13(9)18-14(11)17-6-10(20)7-19/h2-5,8,10,19-20H,6-7,16H2,1H3,(H,17,18)/t8-,10?/m0/s1. The summed E-state index contributed by atoms with van der Waals surface area (Å²) in [5.74, 6) is 0.577.